The second-order valence-corrected chi connectivity index (χ2v) is 10.8. The zero-order valence-corrected chi connectivity index (χ0v) is 24.0. The predicted molar refractivity (Wildman–Crippen MR) is 162 cm³/mol. The number of aromatic nitrogens is 4. The molecule has 0 saturated heterocycles. The van der Waals surface area contributed by atoms with E-state index in [2.05, 4.69) is 31.3 Å². The lowest BCUT2D eigenvalue weighted by molar-refractivity contribution is -0.130. The Hall–Kier alpha value is -4.90. The van der Waals surface area contributed by atoms with Crippen molar-refractivity contribution in [3.05, 3.63) is 83.9 Å². The summed E-state index contributed by atoms with van der Waals surface area (Å²) in [4.78, 5) is 38.6. The van der Waals surface area contributed by atoms with Crippen LogP contribution >= 0.6 is 0 Å². The number of hydrogen-bond acceptors (Lipinski definition) is 8. The third-order valence-electron chi connectivity index (χ3n) is 7.97. The average molecular weight is 582 g/mol. The van der Waals surface area contributed by atoms with Crippen molar-refractivity contribution in [2.24, 2.45) is 17.6 Å². The highest BCUT2D eigenvalue weighted by Crippen LogP contribution is 2.28. The van der Waals surface area contributed by atoms with E-state index in [-0.39, 0.29) is 23.7 Å². The van der Waals surface area contributed by atoms with E-state index in [1.807, 2.05) is 36.4 Å². The Morgan fingerprint density at radius 3 is 2.12 bits per heavy atom. The molecule has 0 bridgehead atoms. The molecule has 3 aromatic carbocycles. The molecule has 1 heterocycles. The fourth-order valence-corrected chi connectivity index (χ4v) is 5.36. The Balaban J connectivity index is 1.29. The van der Waals surface area contributed by atoms with Crippen LogP contribution in [0.25, 0.3) is 22.5 Å². The minimum Gasteiger partial charge on any atom is -0.465 e. The maximum Gasteiger partial charge on any atom is 0.337 e. The number of esters is 1. The van der Waals surface area contributed by atoms with Crippen LogP contribution in [0.3, 0.4) is 0 Å². The molecule has 5 N–H and O–H groups in total. The van der Waals surface area contributed by atoms with Crippen LogP contribution in [-0.2, 0) is 20.7 Å². The van der Waals surface area contributed by atoms with Crippen molar-refractivity contribution < 1.29 is 19.1 Å². The summed E-state index contributed by atoms with van der Waals surface area (Å²) in [6, 6.07) is 21.3. The van der Waals surface area contributed by atoms with E-state index in [1.54, 1.807) is 36.4 Å². The second kappa shape index (κ2) is 13.8. The fraction of sp³-hybridized carbons (Fsp3) is 0.312. The largest absolute Gasteiger partial charge is 0.465 e. The van der Waals surface area contributed by atoms with E-state index in [1.165, 1.54) is 7.11 Å². The number of anilines is 1. The van der Waals surface area contributed by atoms with Gasteiger partial charge >= 0.3 is 5.97 Å². The summed E-state index contributed by atoms with van der Waals surface area (Å²) in [6.45, 7) is 0.635. The van der Waals surface area contributed by atoms with Gasteiger partial charge in [-0.2, -0.15) is 5.21 Å². The third-order valence-corrected chi connectivity index (χ3v) is 7.97. The summed E-state index contributed by atoms with van der Waals surface area (Å²) in [5.74, 6) is -0.0283. The van der Waals surface area contributed by atoms with E-state index >= 15 is 0 Å². The van der Waals surface area contributed by atoms with Crippen molar-refractivity contribution in [3.63, 3.8) is 0 Å². The van der Waals surface area contributed by atoms with E-state index < -0.39 is 6.04 Å². The Bertz CT molecular complexity index is 1510. The number of nitrogens with one attached hydrogen (secondary N) is 3. The Morgan fingerprint density at radius 1 is 0.907 bits per heavy atom. The van der Waals surface area contributed by atoms with Crippen LogP contribution in [0.2, 0.25) is 0 Å². The molecule has 11 nitrogen and oxygen atoms in total. The number of methoxy groups -OCH3 is 1. The summed E-state index contributed by atoms with van der Waals surface area (Å²) in [5, 5.41) is 19.9. The van der Waals surface area contributed by atoms with E-state index in [0.29, 0.717) is 36.0 Å². The van der Waals surface area contributed by atoms with Crippen molar-refractivity contribution in [2.45, 2.75) is 38.1 Å². The number of H-pyrrole nitrogens is 1. The molecule has 2 amide bonds. The first kappa shape index (κ1) is 29.6. The zero-order chi connectivity index (χ0) is 30.2. The third kappa shape index (κ3) is 7.49. The molecule has 11 heteroatoms. The van der Waals surface area contributed by atoms with Crippen LogP contribution in [0.4, 0.5) is 5.69 Å². The molecule has 1 saturated carbocycles. The highest BCUT2D eigenvalue weighted by atomic mass is 16.5. The lowest BCUT2D eigenvalue weighted by atomic mass is 9.81. The van der Waals surface area contributed by atoms with Crippen LogP contribution < -0.4 is 16.4 Å². The number of ether oxygens (including phenoxy) is 1. The first-order chi connectivity index (χ1) is 20.9. The van der Waals surface area contributed by atoms with Gasteiger partial charge in [0.25, 0.3) is 0 Å². The van der Waals surface area contributed by atoms with Crippen LogP contribution in [0.1, 0.15) is 41.6 Å². The van der Waals surface area contributed by atoms with E-state index in [4.69, 9.17) is 10.5 Å². The maximum absolute atomic E-state index is 13.5. The van der Waals surface area contributed by atoms with Gasteiger partial charge in [-0.3, -0.25) is 9.59 Å². The summed E-state index contributed by atoms with van der Waals surface area (Å²) < 4.78 is 4.77. The number of nitrogens with two attached hydrogens (primary N) is 1. The molecule has 4 aromatic rings. The number of benzene rings is 3. The monoisotopic (exact) mass is 581 g/mol. The van der Waals surface area contributed by atoms with Gasteiger partial charge < -0.3 is 21.1 Å². The van der Waals surface area contributed by atoms with Crippen LogP contribution in [0, 0.1) is 11.8 Å². The van der Waals surface area contributed by atoms with Gasteiger partial charge in [-0.25, -0.2) is 4.79 Å². The molecule has 1 unspecified atom stereocenters. The Labute approximate surface area is 249 Å². The molecule has 43 heavy (non-hydrogen) atoms. The standard InChI is InChI=1S/C32H35N7O4/c1-43-32(42)26-12-10-23(11-13-26)22-6-2-20(3-7-22)18-28(35-30(40)25-8-4-21(19-33)5-9-25)31(41)34-27-16-14-24(15-17-27)29-36-38-39-37-29/h2-3,6-7,10-17,21,25,28H,4-5,8-9,18-19,33H2,1H3,(H,34,41)(H,35,40)(H,36,37,38,39). The zero-order valence-electron chi connectivity index (χ0n) is 24.0. The number of amides is 2. The quantitative estimate of drug-likeness (QED) is 0.206. The van der Waals surface area contributed by atoms with Gasteiger partial charge in [0.05, 0.1) is 12.7 Å². The molecular weight excluding hydrogens is 546 g/mol. The van der Waals surface area contributed by atoms with Crippen LogP contribution in [-0.4, -0.2) is 58.1 Å². The highest BCUT2D eigenvalue weighted by molar-refractivity contribution is 5.98. The van der Waals surface area contributed by atoms with Gasteiger partial charge in [0, 0.05) is 23.6 Å². The summed E-state index contributed by atoms with van der Waals surface area (Å²) in [6.07, 6.45) is 3.69. The van der Waals surface area contributed by atoms with Crippen molar-refractivity contribution >= 4 is 23.5 Å². The van der Waals surface area contributed by atoms with Crippen molar-refractivity contribution in [2.75, 3.05) is 19.0 Å². The topological polar surface area (TPSA) is 165 Å². The second-order valence-electron chi connectivity index (χ2n) is 10.8. The number of rotatable bonds is 10. The van der Waals surface area contributed by atoms with E-state index in [0.717, 1.165) is 47.9 Å². The predicted octanol–water partition coefficient (Wildman–Crippen LogP) is 3.75. The summed E-state index contributed by atoms with van der Waals surface area (Å²) >= 11 is 0. The van der Waals surface area contributed by atoms with Gasteiger partial charge in [0.2, 0.25) is 17.6 Å². The average Bonchev–Trinajstić information content (AvgIpc) is 3.60. The van der Waals surface area contributed by atoms with Crippen molar-refractivity contribution in [3.8, 4) is 22.5 Å². The Morgan fingerprint density at radius 2 is 1.53 bits per heavy atom. The lowest BCUT2D eigenvalue weighted by Crippen LogP contribution is -2.48. The lowest BCUT2D eigenvalue weighted by Gasteiger charge is -2.28. The molecule has 0 spiro atoms. The number of hydrogen-bond donors (Lipinski definition) is 4. The minimum absolute atomic E-state index is 0.106. The van der Waals surface area contributed by atoms with Gasteiger partial charge in [-0.1, -0.05) is 36.4 Å². The van der Waals surface area contributed by atoms with Crippen molar-refractivity contribution in [1.82, 2.24) is 25.9 Å². The molecule has 0 aliphatic heterocycles. The number of aromatic amines is 1. The maximum atomic E-state index is 13.5. The van der Waals surface area contributed by atoms with Crippen LogP contribution in [0.15, 0.2) is 72.8 Å². The first-order valence-corrected chi connectivity index (χ1v) is 14.4. The highest BCUT2D eigenvalue weighted by Gasteiger charge is 2.29. The molecule has 5 rings (SSSR count). The molecule has 1 fully saturated rings. The van der Waals surface area contributed by atoms with Gasteiger partial charge in [-0.05, 0) is 96.4 Å². The normalized spacial score (nSPS) is 17.1. The number of carbonyl (C=O) groups is 3. The molecule has 1 atom stereocenters. The molecule has 0 radical (unpaired) electrons. The molecule has 1 aromatic heterocycles. The van der Waals surface area contributed by atoms with Gasteiger partial charge in [0.15, 0.2) is 0 Å². The molecule has 1 aliphatic carbocycles. The van der Waals surface area contributed by atoms with Crippen LogP contribution in [0.5, 0.6) is 0 Å². The fourth-order valence-electron chi connectivity index (χ4n) is 5.36. The molecular formula is C32H35N7O4. The minimum atomic E-state index is -0.776. The Kier molecular flexibility index (Phi) is 9.52. The number of nitrogens with zero attached hydrogens (tertiary/aromatic N) is 3. The van der Waals surface area contributed by atoms with Gasteiger partial charge in [0.1, 0.15) is 6.04 Å². The number of tetrazole rings is 1. The van der Waals surface area contributed by atoms with Crippen molar-refractivity contribution in [1.29, 1.82) is 0 Å². The smallest absolute Gasteiger partial charge is 0.337 e. The SMILES string of the molecule is COC(=O)c1ccc(-c2ccc(CC(NC(=O)C3CCC(CN)CC3)C(=O)Nc3ccc(-c4nn[nH]n4)cc3)cc2)cc1. The van der Waals surface area contributed by atoms with Gasteiger partial charge in [-0.15, -0.1) is 10.2 Å². The molecule has 1 aliphatic rings. The number of carbonyl (C=O) groups excluding carboxylic acids is 3. The molecule has 222 valence electrons. The van der Waals surface area contributed by atoms with E-state index in [9.17, 15) is 14.4 Å². The summed E-state index contributed by atoms with van der Waals surface area (Å²) in [5.41, 5.74) is 10.5. The summed E-state index contributed by atoms with van der Waals surface area (Å²) in [7, 11) is 1.35. The first-order valence-electron chi connectivity index (χ1n) is 14.4.